The quantitative estimate of drug-likeness (QED) is 0.0370. The van der Waals surface area contributed by atoms with Crippen LogP contribution in [0.4, 0.5) is 4.79 Å². The molecule has 7 aromatic heterocycles. The second kappa shape index (κ2) is 42.5. The number of ether oxygens (including phenoxy) is 1. The van der Waals surface area contributed by atoms with Crippen LogP contribution < -0.4 is 10.6 Å². The van der Waals surface area contributed by atoms with Crippen LogP contribution in [0, 0.1) is 54.1 Å². The fourth-order valence-electron chi connectivity index (χ4n) is 14.8. The topological polar surface area (TPSA) is 319 Å². The number of amides is 2. The van der Waals surface area contributed by atoms with Crippen LogP contribution >= 0.6 is 0 Å². The summed E-state index contributed by atoms with van der Waals surface area (Å²) < 4.78 is 11.3. The summed E-state index contributed by atoms with van der Waals surface area (Å²) in [5.41, 5.74) is 12.9. The van der Waals surface area contributed by atoms with E-state index in [0.717, 1.165) is 141 Å². The van der Waals surface area contributed by atoms with Crippen molar-refractivity contribution in [3.05, 3.63) is 142 Å². The van der Waals surface area contributed by atoms with Crippen LogP contribution in [-0.2, 0) is 61.2 Å². The predicted octanol–water partition coefficient (Wildman–Crippen LogP) is 25.2. The monoisotopic (exact) mass is 1830 g/mol. The zero-order valence-electron chi connectivity index (χ0n) is 88.9. The molecule has 0 aliphatic carbocycles. The van der Waals surface area contributed by atoms with Crippen molar-refractivity contribution in [2.45, 2.75) is 318 Å². The minimum Gasteiger partial charge on any atom is -0.505 e. The number of imidazole rings is 5. The van der Waals surface area contributed by atoms with Crippen molar-refractivity contribution in [1.29, 1.82) is 0 Å². The van der Waals surface area contributed by atoms with Crippen LogP contribution in [0.2, 0.25) is 0 Å². The number of aromatic nitrogens is 12. The molecule has 11 rings (SSSR count). The fraction of sp³-hybridized carbons (Fsp3) is 0.578. The molecule has 4 aromatic carbocycles. The van der Waals surface area contributed by atoms with Crippen molar-refractivity contribution in [2.75, 3.05) is 20.6 Å². The molecule has 24 heteroatoms. The molecule has 2 amide bonds. The predicted molar refractivity (Wildman–Crippen MR) is 547 cm³/mol. The van der Waals surface area contributed by atoms with Crippen molar-refractivity contribution in [1.82, 2.24) is 74.1 Å². The molecule has 0 spiro atoms. The van der Waals surface area contributed by atoms with E-state index in [1.165, 1.54) is 5.56 Å². The Morgan fingerprint density at radius 2 is 0.827 bits per heavy atom. The number of nitrogens with zero attached hydrogens (tertiary/aromatic N) is 9. The van der Waals surface area contributed by atoms with Gasteiger partial charge in [-0.05, 0) is 199 Å². The summed E-state index contributed by atoms with van der Waals surface area (Å²) in [6.07, 6.45) is 12.4. The third-order valence-corrected chi connectivity index (χ3v) is 21.0. The number of benzene rings is 4. The third-order valence-electron chi connectivity index (χ3n) is 21.0. The van der Waals surface area contributed by atoms with Gasteiger partial charge < -0.3 is 59.0 Å². The maximum atomic E-state index is 12.6. The molecule has 730 valence electrons. The van der Waals surface area contributed by atoms with Crippen LogP contribution in [0.25, 0.3) is 78.8 Å². The molecule has 7 heterocycles. The number of carbonyl (C=O) groups excluding carboxylic acids is 7. The Balaban J connectivity index is 0.000000249. The lowest BCUT2D eigenvalue weighted by molar-refractivity contribution is -0.128. The van der Waals surface area contributed by atoms with Crippen molar-refractivity contribution in [2.24, 2.45) is 75.3 Å². The van der Waals surface area contributed by atoms with Gasteiger partial charge in [0, 0.05) is 120 Å². The smallest absolute Gasteiger partial charge is 0.408 e. The van der Waals surface area contributed by atoms with E-state index in [1.807, 2.05) is 274 Å². The Bertz CT molecular complexity index is 5690. The number of Topliss-reactive ketones (excluding diaryl/α,β-unsaturated/α-hetero) is 5. The van der Waals surface area contributed by atoms with Gasteiger partial charge in [-0.25, -0.2) is 29.7 Å². The summed E-state index contributed by atoms with van der Waals surface area (Å²) >= 11 is 0. The molecule has 0 radical (unpaired) electrons. The highest BCUT2D eigenvalue weighted by Crippen LogP contribution is 2.39. The first-order chi connectivity index (χ1) is 60.2. The van der Waals surface area contributed by atoms with Crippen molar-refractivity contribution in [3.63, 3.8) is 0 Å². The van der Waals surface area contributed by atoms with Gasteiger partial charge in [0.1, 0.15) is 22.9 Å². The number of ketones is 5. The van der Waals surface area contributed by atoms with Gasteiger partial charge in [-0.1, -0.05) is 214 Å². The summed E-state index contributed by atoms with van der Waals surface area (Å²) in [5, 5.41) is 16.4. The largest absolute Gasteiger partial charge is 0.505 e. The Morgan fingerprint density at radius 1 is 0.429 bits per heavy atom. The zero-order valence-corrected chi connectivity index (χ0v) is 88.9. The Morgan fingerprint density at radius 3 is 1.22 bits per heavy atom. The number of nitrogens with one attached hydrogen (secondary N) is 6. The van der Waals surface area contributed by atoms with Gasteiger partial charge in [-0.2, -0.15) is 0 Å². The molecule has 24 nitrogen and oxygen atoms in total. The zero-order chi connectivity index (χ0) is 101. The van der Waals surface area contributed by atoms with Crippen molar-refractivity contribution >= 4 is 85.1 Å². The summed E-state index contributed by atoms with van der Waals surface area (Å²) in [6.45, 7) is 73.9. The number of aryl methyl sites for hydroxylation is 3. The second-order valence-corrected chi connectivity index (χ2v) is 49.7. The number of alkyl carbamates (subject to hydrolysis) is 1. The number of aromatic amines is 4. The van der Waals surface area contributed by atoms with E-state index in [0.29, 0.717) is 35.5 Å². The van der Waals surface area contributed by atoms with E-state index in [1.54, 1.807) is 0 Å². The molecule has 0 fully saturated rings. The van der Waals surface area contributed by atoms with E-state index < -0.39 is 39.4 Å². The molecule has 0 bridgehead atoms. The number of aromatic hydroxyl groups is 1. The van der Waals surface area contributed by atoms with Gasteiger partial charge in [-0.3, -0.25) is 28.8 Å². The van der Waals surface area contributed by atoms with Gasteiger partial charge >= 0.3 is 6.09 Å². The van der Waals surface area contributed by atoms with Gasteiger partial charge in [0.05, 0.1) is 61.6 Å². The van der Waals surface area contributed by atoms with E-state index in [4.69, 9.17) is 14.7 Å². The average molecular weight is 1830 g/mol. The Kier molecular flexibility index (Phi) is 35.5. The van der Waals surface area contributed by atoms with Crippen LogP contribution in [-0.4, -0.2) is 147 Å². The molecular formula is C109H165N15O9. The number of hydrogen-bond donors (Lipinski definition) is 7. The highest BCUT2D eigenvalue weighted by molar-refractivity contribution is 6.05. The van der Waals surface area contributed by atoms with Crippen LogP contribution in [0.15, 0.2) is 97.5 Å². The molecule has 133 heavy (non-hydrogen) atoms. The molecular weight excluding hydrogens is 1660 g/mol. The molecule has 11 aromatic rings. The summed E-state index contributed by atoms with van der Waals surface area (Å²) in [5.74, 6) is 4.90. The highest BCUT2D eigenvalue weighted by Gasteiger charge is 2.34. The third kappa shape index (κ3) is 35.3. The first-order valence-electron chi connectivity index (χ1n) is 47.0. The molecule has 0 saturated carbocycles. The molecule has 0 saturated heterocycles. The summed E-state index contributed by atoms with van der Waals surface area (Å²) in [7, 11) is 9.86. The Hall–Kier alpha value is -10.6. The van der Waals surface area contributed by atoms with E-state index in [9.17, 15) is 38.7 Å². The van der Waals surface area contributed by atoms with Gasteiger partial charge in [-0.15, -0.1) is 0 Å². The van der Waals surface area contributed by atoms with Crippen LogP contribution in [0.5, 0.6) is 5.75 Å². The normalized spacial score (nSPS) is 12.9. The van der Waals surface area contributed by atoms with Crippen LogP contribution in [0.1, 0.15) is 339 Å². The highest BCUT2D eigenvalue weighted by atomic mass is 16.6. The molecule has 0 aliphatic heterocycles. The number of rotatable bonds is 19. The lowest BCUT2D eigenvalue weighted by Gasteiger charge is -2.28. The fourth-order valence-corrected chi connectivity index (χ4v) is 14.8. The van der Waals surface area contributed by atoms with Crippen LogP contribution in [0.3, 0.4) is 0 Å². The van der Waals surface area contributed by atoms with E-state index >= 15 is 0 Å². The average Bonchev–Trinajstić information content (AvgIpc) is 1.62. The number of fused-ring (bicyclic) bond motifs is 4. The van der Waals surface area contributed by atoms with Crippen molar-refractivity contribution < 1.29 is 43.4 Å². The van der Waals surface area contributed by atoms with Gasteiger partial charge in [0.2, 0.25) is 5.91 Å². The van der Waals surface area contributed by atoms with Gasteiger partial charge in [0.15, 0.2) is 52.2 Å². The molecule has 1 atom stereocenters. The van der Waals surface area contributed by atoms with Crippen molar-refractivity contribution in [3.8, 4) is 40.4 Å². The van der Waals surface area contributed by atoms with E-state index in [-0.39, 0.29) is 78.6 Å². The minimum absolute atomic E-state index is 0.0484. The summed E-state index contributed by atoms with van der Waals surface area (Å²) in [6, 6.07) is 24.3. The standard InChI is InChI=1S/C22H29N3O2.C22H29N3O.C21H28N4O.C18H35NO3.C17H24N2O.C9H20N2O/c1-21(2,3)11-14-12-25(7)17(18(14)26)20-23-15-9-8-13(10-16(15)24-20)19(27)22(4,5)6;1-21(2,3)12-14-10-18(25(7)13-14)20-23-16-9-8-15(11-17(16)24-20)19(26)22(4,5)6;1-20(2,3)11-14-12-25(7)19(22-14)18-23-15-9-8-13(10-16(15)24-18)17(26)21(4,5)6;1-16(2,3)12-10-11-13(14(20)17(4,5)6)19-15(21)22-18(7,8)9;1-16(2,3)10-14-18-12-8-7-11(9-13(12)19-14)15(20)17(4,5)6;1-9(2,3)10-8(12)6-7-11(4)5/h8-10,12,26H,11H2,1-7H3,(H,23,24);8-11,13H,12H2,1-7H3,(H,23,24);8-10,12H,11H2,1-7H3,(H,23,24);13H,10-12H2,1-9H3,(H,19,21);7-9H,10H2,1-6H3,(H,18,19);6-7H2,1-5H3,(H,10,12). The SMILES string of the molecule is CC(C)(C)CCCC(NC(=O)OC(C)(C)C)C(=O)C(C)(C)C.CC(C)(C)Cc1nc2ccc(C(=O)C(C)(C)C)cc2[nH]1.CN(C)CCC(=O)NC(C)(C)C.Cn1cc(CC(C)(C)C)c(O)c1-c1nc2ccc(C(=O)C(C)(C)C)cc2[nH]1.Cn1cc(CC(C)(C)C)cc1-c1nc2ccc(C(=O)C(C)(C)C)cc2[nH]1.Cn1cc(CC(C)(C)C)nc1-c1nc2ccc(C(=O)C(C)(C)C)cc2[nH]1. The Labute approximate surface area is 794 Å². The lowest BCUT2D eigenvalue weighted by atomic mass is 9.83. The number of H-pyrrole nitrogens is 4. The first-order valence-corrected chi connectivity index (χ1v) is 47.0. The van der Waals surface area contributed by atoms with Gasteiger partial charge in [0.25, 0.3) is 0 Å². The number of hydrogen-bond acceptors (Lipinski definition) is 15. The van der Waals surface area contributed by atoms with E-state index in [2.05, 4.69) is 172 Å². The molecule has 1 unspecified atom stereocenters. The second-order valence-electron chi connectivity index (χ2n) is 49.7. The number of carbonyl (C=O) groups is 7. The molecule has 7 N–H and O–H groups in total. The maximum absolute atomic E-state index is 12.6. The lowest BCUT2D eigenvalue weighted by Crippen LogP contribution is -2.47. The summed E-state index contributed by atoms with van der Waals surface area (Å²) in [4.78, 5) is 124. The first kappa shape index (κ1) is 111. The molecule has 0 aliphatic rings. The minimum atomic E-state index is -0.565. The maximum Gasteiger partial charge on any atom is 0.408 e.